The molecule has 2 aromatic carbocycles. The lowest BCUT2D eigenvalue weighted by atomic mass is 10.1. The van der Waals surface area contributed by atoms with Crippen molar-refractivity contribution in [3.8, 4) is 5.88 Å². The van der Waals surface area contributed by atoms with Gasteiger partial charge in [0.2, 0.25) is 11.2 Å². The number of methoxy groups -OCH3 is 1. The molecule has 0 saturated heterocycles. The van der Waals surface area contributed by atoms with Crippen molar-refractivity contribution in [2.75, 3.05) is 30.8 Å². The zero-order valence-electron chi connectivity index (χ0n) is 14.4. The van der Waals surface area contributed by atoms with Gasteiger partial charge in [0.15, 0.2) is 0 Å². The van der Waals surface area contributed by atoms with E-state index in [9.17, 15) is 8.42 Å². The topological polar surface area (TPSA) is 84.4 Å². The number of sulfonamides is 1. The van der Waals surface area contributed by atoms with Gasteiger partial charge in [0.05, 0.1) is 18.2 Å². The van der Waals surface area contributed by atoms with Crippen LogP contribution in [0.1, 0.15) is 0 Å². The molecule has 26 heavy (non-hydrogen) atoms. The highest BCUT2D eigenvalue weighted by atomic mass is 35.5. The van der Waals surface area contributed by atoms with E-state index in [1.165, 1.54) is 13.3 Å². The molecule has 0 spiro atoms. The first-order valence-electron chi connectivity index (χ1n) is 7.62. The summed E-state index contributed by atoms with van der Waals surface area (Å²) in [6.07, 6.45) is 1.27. The van der Waals surface area contributed by atoms with Crippen molar-refractivity contribution >= 4 is 43.8 Å². The van der Waals surface area contributed by atoms with Crippen LogP contribution in [0.25, 0.3) is 10.8 Å². The summed E-state index contributed by atoms with van der Waals surface area (Å²) in [4.78, 5) is 9.76. The van der Waals surface area contributed by atoms with Gasteiger partial charge in [-0.25, -0.2) is 13.4 Å². The minimum absolute atomic E-state index is 0.0365. The molecule has 9 heteroatoms. The van der Waals surface area contributed by atoms with Crippen molar-refractivity contribution in [3.63, 3.8) is 0 Å². The number of fused-ring (bicyclic) bond motifs is 1. The molecule has 0 aliphatic heterocycles. The lowest BCUT2D eigenvalue weighted by Crippen LogP contribution is -2.15. The van der Waals surface area contributed by atoms with Crippen molar-refractivity contribution in [1.82, 2.24) is 9.97 Å². The standard InChI is InChI=1S/C17H17ClN4O3S/c1-22(2)14-8-4-7-12-11(14)6-5-9-15(12)26(23,24)21-13-10-19-17(18)20-16(13)25-3/h4-10,21H,1-3H3. The van der Waals surface area contributed by atoms with Gasteiger partial charge in [0.25, 0.3) is 10.0 Å². The SMILES string of the molecule is COc1nc(Cl)ncc1NS(=O)(=O)c1cccc2c(N(C)C)cccc12. The maximum atomic E-state index is 13.0. The Hall–Kier alpha value is -2.58. The minimum atomic E-state index is -3.90. The highest BCUT2D eigenvalue weighted by Gasteiger charge is 2.21. The predicted molar refractivity (Wildman–Crippen MR) is 103 cm³/mol. The third-order valence-electron chi connectivity index (χ3n) is 3.79. The number of nitrogens with zero attached hydrogens (tertiary/aromatic N) is 3. The Morgan fingerprint density at radius 2 is 1.81 bits per heavy atom. The lowest BCUT2D eigenvalue weighted by molar-refractivity contribution is 0.399. The smallest absolute Gasteiger partial charge is 0.262 e. The zero-order valence-corrected chi connectivity index (χ0v) is 16.0. The summed E-state index contributed by atoms with van der Waals surface area (Å²) in [5, 5.41) is 1.41. The van der Waals surface area contributed by atoms with Crippen LogP contribution in [0.4, 0.5) is 11.4 Å². The fourth-order valence-electron chi connectivity index (χ4n) is 2.66. The summed E-state index contributed by atoms with van der Waals surface area (Å²) >= 11 is 5.72. The summed E-state index contributed by atoms with van der Waals surface area (Å²) in [7, 11) is 1.29. The van der Waals surface area contributed by atoms with Crippen molar-refractivity contribution in [3.05, 3.63) is 47.9 Å². The van der Waals surface area contributed by atoms with Crippen molar-refractivity contribution < 1.29 is 13.2 Å². The van der Waals surface area contributed by atoms with Crippen LogP contribution in [0.2, 0.25) is 5.28 Å². The average Bonchev–Trinajstić information content (AvgIpc) is 2.61. The molecule has 136 valence electrons. The number of aromatic nitrogens is 2. The number of rotatable bonds is 5. The molecule has 0 fully saturated rings. The number of anilines is 2. The molecule has 1 N–H and O–H groups in total. The molecule has 0 aliphatic rings. The van der Waals surface area contributed by atoms with Crippen LogP contribution in [0.15, 0.2) is 47.5 Å². The van der Waals surface area contributed by atoms with Gasteiger partial charge in [-0.3, -0.25) is 4.72 Å². The van der Waals surface area contributed by atoms with Gasteiger partial charge >= 0.3 is 0 Å². The second kappa shape index (κ2) is 6.97. The van der Waals surface area contributed by atoms with Crippen LogP contribution >= 0.6 is 11.6 Å². The van der Waals surface area contributed by atoms with E-state index in [-0.39, 0.29) is 21.7 Å². The molecule has 0 amide bonds. The summed E-state index contributed by atoms with van der Waals surface area (Å²) in [6.45, 7) is 0. The summed E-state index contributed by atoms with van der Waals surface area (Å²) in [5.41, 5.74) is 1.03. The Morgan fingerprint density at radius 1 is 1.12 bits per heavy atom. The maximum absolute atomic E-state index is 13.0. The van der Waals surface area contributed by atoms with E-state index in [4.69, 9.17) is 16.3 Å². The number of nitrogens with one attached hydrogen (secondary N) is 1. The average molecular weight is 393 g/mol. The zero-order chi connectivity index (χ0) is 18.9. The Bertz CT molecular complexity index is 1070. The molecule has 1 aromatic heterocycles. The fraction of sp³-hybridized carbons (Fsp3) is 0.176. The van der Waals surface area contributed by atoms with E-state index in [0.717, 1.165) is 11.1 Å². The van der Waals surface area contributed by atoms with E-state index in [0.29, 0.717) is 5.39 Å². The predicted octanol–water partition coefficient (Wildman–Crippen LogP) is 3.16. The monoisotopic (exact) mass is 392 g/mol. The first-order chi connectivity index (χ1) is 12.3. The Kier molecular flexibility index (Phi) is 4.88. The minimum Gasteiger partial charge on any atom is -0.479 e. The van der Waals surface area contributed by atoms with Gasteiger partial charge < -0.3 is 9.64 Å². The van der Waals surface area contributed by atoms with Gasteiger partial charge in [-0.15, -0.1) is 0 Å². The molecular formula is C17H17ClN4O3S. The molecule has 0 aliphatic carbocycles. The molecule has 0 atom stereocenters. The molecular weight excluding hydrogens is 376 g/mol. The largest absolute Gasteiger partial charge is 0.479 e. The Morgan fingerprint density at radius 3 is 2.50 bits per heavy atom. The van der Waals surface area contributed by atoms with Crippen molar-refractivity contribution in [2.45, 2.75) is 4.90 Å². The molecule has 0 radical (unpaired) electrons. The third-order valence-corrected chi connectivity index (χ3v) is 5.40. The Labute approximate surface area is 156 Å². The summed E-state index contributed by atoms with van der Waals surface area (Å²) in [5.74, 6) is 0.0443. The van der Waals surface area contributed by atoms with Crippen LogP contribution < -0.4 is 14.4 Å². The summed E-state index contributed by atoms with van der Waals surface area (Å²) < 4.78 is 33.5. The number of hydrogen-bond donors (Lipinski definition) is 1. The van der Waals surface area contributed by atoms with Gasteiger partial charge in [0, 0.05) is 30.6 Å². The number of benzene rings is 2. The van der Waals surface area contributed by atoms with Gasteiger partial charge in [-0.1, -0.05) is 24.3 Å². The van der Waals surface area contributed by atoms with Crippen molar-refractivity contribution in [1.29, 1.82) is 0 Å². The van der Waals surface area contributed by atoms with E-state index in [1.54, 1.807) is 18.2 Å². The quantitative estimate of drug-likeness (QED) is 0.671. The molecule has 0 saturated carbocycles. The van der Waals surface area contributed by atoms with Crippen LogP contribution in [-0.2, 0) is 10.0 Å². The molecule has 0 bridgehead atoms. The van der Waals surface area contributed by atoms with E-state index < -0.39 is 10.0 Å². The maximum Gasteiger partial charge on any atom is 0.262 e. The fourth-order valence-corrected chi connectivity index (χ4v) is 4.05. The highest BCUT2D eigenvalue weighted by molar-refractivity contribution is 7.93. The van der Waals surface area contributed by atoms with Gasteiger partial charge in [-0.2, -0.15) is 4.98 Å². The van der Waals surface area contributed by atoms with Crippen LogP contribution in [0.5, 0.6) is 5.88 Å². The van der Waals surface area contributed by atoms with E-state index in [1.807, 2.05) is 37.2 Å². The second-order valence-corrected chi connectivity index (χ2v) is 7.68. The molecule has 7 nitrogen and oxygen atoms in total. The Balaban J connectivity index is 2.13. The van der Waals surface area contributed by atoms with Crippen LogP contribution in [0, 0.1) is 0 Å². The molecule has 3 rings (SSSR count). The van der Waals surface area contributed by atoms with Crippen LogP contribution in [-0.4, -0.2) is 39.6 Å². The number of hydrogen-bond acceptors (Lipinski definition) is 6. The second-order valence-electron chi connectivity index (χ2n) is 5.69. The van der Waals surface area contributed by atoms with Crippen LogP contribution in [0.3, 0.4) is 0 Å². The lowest BCUT2D eigenvalue weighted by Gasteiger charge is -2.17. The van der Waals surface area contributed by atoms with Gasteiger partial charge in [0.1, 0.15) is 5.69 Å². The van der Waals surface area contributed by atoms with Crippen molar-refractivity contribution in [2.24, 2.45) is 0 Å². The van der Waals surface area contributed by atoms with Gasteiger partial charge in [-0.05, 0) is 23.7 Å². The first kappa shape index (κ1) is 18.2. The highest BCUT2D eigenvalue weighted by Crippen LogP contribution is 2.32. The molecule has 0 unspecified atom stereocenters. The van der Waals surface area contributed by atoms with E-state index in [2.05, 4.69) is 14.7 Å². The first-order valence-corrected chi connectivity index (χ1v) is 9.48. The number of halogens is 1. The van der Waals surface area contributed by atoms with E-state index >= 15 is 0 Å². The summed E-state index contributed by atoms with van der Waals surface area (Å²) in [6, 6.07) is 10.7. The third kappa shape index (κ3) is 3.38. The number of ether oxygens (including phenoxy) is 1. The normalized spacial score (nSPS) is 11.4. The molecule has 1 heterocycles. The molecule has 3 aromatic rings.